The van der Waals surface area contributed by atoms with E-state index in [-0.39, 0.29) is 18.0 Å². The molecule has 0 fully saturated rings. The highest BCUT2D eigenvalue weighted by Crippen LogP contribution is 2.24. The van der Waals surface area contributed by atoms with Gasteiger partial charge in [0.2, 0.25) is 5.91 Å². The van der Waals surface area contributed by atoms with Crippen LogP contribution < -0.4 is 4.74 Å². The normalized spacial score (nSPS) is 11.1. The van der Waals surface area contributed by atoms with Gasteiger partial charge in [-0.15, -0.1) is 0 Å². The van der Waals surface area contributed by atoms with Crippen LogP contribution in [0.2, 0.25) is 0 Å². The highest BCUT2D eigenvalue weighted by atomic mass is 16.5. The van der Waals surface area contributed by atoms with Gasteiger partial charge in [0.05, 0.1) is 13.7 Å². The van der Waals surface area contributed by atoms with Crippen molar-refractivity contribution in [2.75, 3.05) is 33.8 Å². The fourth-order valence-electron chi connectivity index (χ4n) is 3.52. The maximum absolute atomic E-state index is 12.8. The number of nitriles is 1. The summed E-state index contributed by atoms with van der Waals surface area (Å²) in [6.45, 7) is 8.79. The van der Waals surface area contributed by atoms with E-state index in [9.17, 15) is 14.9 Å². The minimum Gasteiger partial charge on any atom is -0.497 e. The number of aromatic nitrogens is 1. The maximum atomic E-state index is 12.8. The van der Waals surface area contributed by atoms with Crippen LogP contribution in [-0.4, -0.2) is 60.0 Å². The van der Waals surface area contributed by atoms with Crippen LogP contribution in [0, 0.1) is 25.2 Å². The molecule has 7 nitrogen and oxygen atoms in total. The lowest BCUT2D eigenvalue weighted by Crippen LogP contribution is -2.41. The molecule has 1 aromatic carbocycles. The number of amides is 2. The molecule has 0 atom stereocenters. The molecule has 0 aliphatic carbocycles. The largest absolute Gasteiger partial charge is 0.497 e. The van der Waals surface area contributed by atoms with Crippen LogP contribution in [0.1, 0.15) is 30.8 Å². The molecule has 2 amide bonds. The summed E-state index contributed by atoms with van der Waals surface area (Å²) in [4.78, 5) is 28.1. The van der Waals surface area contributed by atoms with Crippen molar-refractivity contribution in [2.45, 2.75) is 27.7 Å². The molecule has 0 spiro atoms. The Kier molecular flexibility index (Phi) is 8.03. The molecule has 0 radical (unpaired) electrons. The number of nitrogens with zero attached hydrogens (tertiary/aromatic N) is 4. The van der Waals surface area contributed by atoms with Gasteiger partial charge in [0.1, 0.15) is 17.4 Å². The molecule has 1 aromatic heterocycles. The van der Waals surface area contributed by atoms with Crippen LogP contribution in [0.4, 0.5) is 0 Å². The lowest BCUT2D eigenvalue weighted by atomic mass is 10.1. The molecule has 0 aliphatic rings. The van der Waals surface area contributed by atoms with Crippen LogP contribution in [0.5, 0.6) is 5.75 Å². The molecular weight excluding hydrogens is 392 g/mol. The quantitative estimate of drug-likeness (QED) is 0.483. The molecule has 0 saturated carbocycles. The fourth-order valence-corrected chi connectivity index (χ4v) is 3.52. The van der Waals surface area contributed by atoms with E-state index >= 15 is 0 Å². The summed E-state index contributed by atoms with van der Waals surface area (Å²) in [6.07, 6.45) is 1.59. The van der Waals surface area contributed by atoms with Gasteiger partial charge < -0.3 is 19.1 Å². The van der Waals surface area contributed by atoms with E-state index in [1.165, 1.54) is 11.9 Å². The number of carbonyl (C=O) groups is 2. The molecule has 0 unspecified atom stereocenters. The third-order valence-corrected chi connectivity index (χ3v) is 5.29. The molecule has 31 heavy (non-hydrogen) atoms. The number of ether oxygens (including phenoxy) is 1. The lowest BCUT2D eigenvalue weighted by molar-refractivity contribution is -0.137. The number of methoxy groups -OCH3 is 1. The van der Waals surface area contributed by atoms with Crippen molar-refractivity contribution in [3.63, 3.8) is 0 Å². The molecule has 164 valence electrons. The standard InChI is InChI=1S/C24H30N4O3/c1-7-27(8-2)23(29)16-26(5)24(30)20(15-25)14-19-13-17(3)28(18(19)4)21-9-11-22(31-6)12-10-21/h9-14H,7-8,16H2,1-6H3/b20-14+. The minimum absolute atomic E-state index is 0.00942. The number of aryl methyl sites for hydroxylation is 1. The monoisotopic (exact) mass is 422 g/mol. The Hall–Kier alpha value is -3.53. The Labute approximate surface area is 184 Å². The summed E-state index contributed by atoms with van der Waals surface area (Å²) in [5.41, 5.74) is 3.61. The van der Waals surface area contributed by atoms with Crippen molar-refractivity contribution in [3.05, 3.63) is 52.9 Å². The third-order valence-electron chi connectivity index (χ3n) is 5.29. The number of rotatable bonds is 8. The van der Waals surface area contributed by atoms with E-state index < -0.39 is 5.91 Å². The predicted molar refractivity (Wildman–Crippen MR) is 121 cm³/mol. The maximum Gasteiger partial charge on any atom is 0.264 e. The predicted octanol–water partition coefficient (Wildman–Crippen LogP) is 3.34. The fraction of sp³-hybridized carbons (Fsp3) is 0.375. The Morgan fingerprint density at radius 1 is 1.16 bits per heavy atom. The van der Waals surface area contributed by atoms with Crippen molar-refractivity contribution < 1.29 is 14.3 Å². The highest BCUT2D eigenvalue weighted by Gasteiger charge is 2.20. The first kappa shape index (κ1) is 23.7. The second-order valence-corrected chi connectivity index (χ2v) is 7.26. The molecule has 0 bridgehead atoms. The smallest absolute Gasteiger partial charge is 0.264 e. The molecule has 1 heterocycles. The topological polar surface area (TPSA) is 78.6 Å². The number of hydrogen-bond acceptors (Lipinski definition) is 4. The first-order valence-corrected chi connectivity index (χ1v) is 10.3. The van der Waals surface area contributed by atoms with Crippen LogP contribution in [0.25, 0.3) is 11.8 Å². The van der Waals surface area contributed by atoms with E-state index in [4.69, 9.17) is 4.74 Å². The van der Waals surface area contributed by atoms with Crippen molar-refractivity contribution >= 4 is 17.9 Å². The zero-order chi connectivity index (χ0) is 23.1. The molecule has 0 N–H and O–H groups in total. The van der Waals surface area contributed by atoms with Gasteiger partial charge in [-0.1, -0.05) is 0 Å². The zero-order valence-corrected chi connectivity index (χ0v) is 19.1. The highest BCUT2D eigenvalue weighted by molar-refractivity contribution is 6.03. The summed E-state index contributed by atoms with van der Waals surface area (Å²) >= 11 is 0. The second kappa shape index (κ2) is 10.5. The molecule has 0 saturated heterocycles. The summed E-state index contributed by atoms with van der Waals surface area (Å²) in [5.74, 6) is 0.152. The Balaban J connectivity index is 2.31. The molecular formula is C24H30N4O3. The Bertz CT molecular complexity index is 1010. The minimum atomic E-state index is -0.475. The summed E-state index contributed by atoms with van der Waals surface area (Å²) in [7, 11) is 3.16. The van der Waals surface area contributed by atoms with E-state index in [2.05, 4.69) is 4.57 Å². The van der Waals surface area contributed by atoms with Gasteiger partial charge in [0, 0.05) is 37.2 Å². The number of hydrogen-bond donors (Lipinski definition) is 0. The van der Waals surface area contributed by atoms with Gasteiger partial charge >= 0.3 is 0 Å². The summed E-state index contributed by atoms with van der Waals surface area (Å²) < 4.78 is 7.27. The van der Waals surface area contributed by atoms with Gasteiger partial charge in [-0.3, -0.25) is 9.59 Å². The summed E-state index contributed by atoms with van der Waals surface area (Å²) in [5, 5.41) is 9.60. The Morgan fingerprint density at radius 2 is 1.77 bits per heavy atom. The van der Waals surface area contributed by atoms with Crippen LogP contribution in [0.3, 0.4) is 0 Å². The van der Waals surface area contributed by atoms with E-state index in [1.807, 2.05) is 64.1 Å². The SMILES string of the molecule is CCN(CC)C(=O)CN(C)C(=O)/C(C#N)=C/c1cc(C)n(-c2ccc(OC)cc2)c1C. The molecule has 2 rings (SSSR count). The third kappa shape index (κ3) is 5.34. The lowest BCUT2D eigenvalue weighted by Gasteiger charge is -2.23. The van der Waals surface area contributed by atoms with Crippen molar-refractivity contribution in [2.24, 2.45) is 0 Å². The van der Waals surface area contributed by atoms with Gasteiger partial charge in [0.15, 0.2) is 0 Å². The van der Waals surface area contributed by atoms with Gasteiger partial charge in [0.25, 0.3) is 5.91 Å². The van der Waals surface area contributed by atoms with E-state index in [0.29, 0.717) is 13.1 Å². The van der Waals surface area contributed by atoms with Gasteiger partial charge in [-0.2, -0.15) is 5.26 Å². The van der Waals surface area contributed by atoms with Crippen molar-refractivity contribution in [3.8, 4) is 17.5 Å². The van der Waals surface area contributed by atoms with Gasteiger partial charge in [-0.25, -0.2) is 0 Å². The first-order chi connectivity index (χ1) is 14.8. The number of likely N-dealkylation sites (N-methyl/N-ethyl adjacent to an activating group) is 2. The summed E-state index contributed by atoms with van der Waals surface area (Å²) in [6, 6.07) is 11.6. The van der Waals surface area contributed by atoms with E-state index in [0.717, 1.165) is 28.4 Å². The molecule has 2 aromatic rings. The van der Waals surface area contributed by atoms with Crippen molar-refractivity contribution in [1.29, 1.82) is 5.26 Å². The molecule has 0 aliphatic heterocycles. The van der Waals surface area contributed by atoms with Crippen molar-refractivity contribution in [1.82, 2.24) is 14.4 Å². The number of carbonyl (C=O) groups excluding carboxylic acids is 2. The average molecular weight is 423 g/mol. The second-order valence-electron chi connectivity index (χ2n) is 7.26. The van der Waals surface area contributed by atoms with Gasteiger partial charge in [-0.05, 0) is 69.7 Å². The van der Waals surface area contributed by atoms with Crippen LogP contribution >= 0.6 is 0 Å². The average Bonchev–Trinajstić information content (AvgIpc) is 3.05. The number of benzene rings is 1. The van der Waals surface area contributed by atoms with E-state index in [1.54, 1.807) is 18.1 Å². The molecule has 7 heteroatoms. The van der Waals surface area contributed by atoms with Crippen LogP contribution in [-0.2, 0) is 9.59 Å². The zero-order valence-electron chi connectivity index (χ0n) is 19.1. The first-order valence-electron chi connectivity index (χ1n) is 10.3. The Morgan fingerprint density at radius 3 is 2.29 bits per heavy atom. The van der Waals surface area contributed by atoms with Crippen LogP contribution in [0.15, 0.2) is 35.9 Å².